The first-order chi connectivity index (χ1) is 16.6. The molecule has 3 aliphatic rings. The molecular formula is C28H43N3O4. The van der Waals surface area contributed by atoms with Crippen molar-refractivity contribution in [3.8, 4) is 0 Å². The van der Waals surface area contributed by atoms with Crippen molar-refractivity contribution in [2.45, 2.75) is 104 Å². The lowest BCUT2D eigenvalue weighted by atomic mass is 9.65. The second-order valence-electron chi connectivity index (χ2n) is 12.3. The van der Waals surface area contributed by atoms with Crippen molar-refractivity contribution in [1.29, 1.82) is 0 Å². The summed E-state index contributed by atoms with van der Waals surface area (Å²) in [5, 5.41) is 3.11. The molecule has 1 N–H and O–H groups in total. The molecule has 35 heavy (non-hydrogen) atoms. The van der Waals surface area contributed by atoms with E-state index >= 15 is 0 Å². The molecular weight excluding hydrogens is 442 g/mol. The quantitative estimate of drug-likeness (QED) is 0.649. The van der Waals surface area contributed by atoms with E-state index in [1.165, 1.54) is 19.3 Å². The molecule has 1 saturated heterocycles. The maximum Gasteiger partial charge on any atom is 0.259 e. The number of nitrogens with one attached hydrogen (secondary N) is 1. The number of amides is 2. The predicted molar refractivity (Wildman–Crippen MR) is 137 cm³/mol. The summed E-state index contributed by atoms with van der Waals surface area (Å²) in [7, 11) is 1.61. The Labute approximate surface area is 209 Å². The molecule has 0 aromatic carbocycles. The SMILES string of the molecule is COCCn1cc(C(=O)NC2CCCCCCC2)c(=O)c(C(=O)N2CC3(C)CC2CC(C)(C)C3)c1. The standard InChI is InChI=1S/C28H43N3O4/c1-27(2)14-21-15-28(3,18-27)19-31(21)26(34)23-17-30(12-13-35-4)16-22(24(23)32)25(33)29-20-10-8-6-5-7-9-11-20/h16-17,20-21H,5-15,18-19H2,1-4H3,(H,29,33). The van der Waals surface area contributed by atoms with Crippen molar-refractivity contribution >= 4 is 11.8 Å². The molecule has 194 valence electrons. The maximum absolute atomic E-state index is 13.8. The number of methoxy groups -OCH3 is 1. The third-order valence-corrected chi connectivity index (χ3v) is 8.22. The molecule has 2 amide bonds. The van der Waals surface area contributed by atoms with Crippen LogP contribution in [0.4, 0.5) is 0 Å². The summed E-state index contributed by atoms with van der Waals surface area (Å²) in [6.45, 7) is 8.35. The van der Waals surface area contributed by atoms with Crippen molar-refractivity contribution in [1.82, 2.24) is 14.8 Å². The molecule has 0 spiro atoms. The van der Waals surface area contributed by atoms with Crippen molar-refractivity contribution < 1.29 is 14.3 Å². The Hall–Kier alpha value is -2.15. The van der Waals surface area contributed by atoms with Crippen molar-refractivity contribution in [2.75, 3.05) is 20.3 Å². The van der Waals surface area contributed by atoms with E-state index in [2.05, 4.69) is 26.1 Å². The number of nitrogens with zero attached hydrogens (tertiary/aromatic N) is 2. The van der Waals surface area contributed by atoms with Gasteiger partial charge in [-0.3, -0.25) is 14.4 Å². The Balaban J connectivity index is 1.62. The van der Waals surface area contributed by atoms with Crippen LogP contribution in [0.2, 0.25) is 0 Å². The number of hydrogen-bond acceptors (Lipinski definition) is 4. The van der Waals surface area contributed by atoms with Crippen LogP contribution in [0.3, 0.4) is 0 Å². The molecule has 2 bridgehead atoms. The lowest BCUT2D eigenvalue weighted by Crippen LogP contribution is -2.42. The smallest absolute Gasteiger partial charge is 0.259 e. The number of carbonyl (C=O) groups is 2. The molecule has 2 aliphatic carbocycles. The number of carbonyl (C=O) groups excluding carboxylic acids is 2. The number of fused-ring (bicyclic) bond motifs is 2. The van der Waals surface area contributed by atoms with Gasteiger partial charge in [0.1, 0.15) is 11.1 Å². The van der Waals surface area contributed by atoms with Gasteiger partial charge in [-0.25, -0.2) is 0 Å². The molecule has 1 aliphatic heterocycles. The predicted octanol–water partition coefficient (Wildman–Crippen LogP) is 4.38. The molecule has 0 radical (unpaired) electrons. The van der Waals surface area contributed by atoms with Gasteiger partial charge in [0.25, 0.3) is 11.8 Å². The van der Waals surface area contributed by atoms with Gasteiger partial charge in [0.05, 0.1) is 6.61 Å². The van der Waals surface area contributed by atoms with Crippen LogP contribution in [0.1, 0.15) is 106 Å². The van der Waals surface area contributed by atoms with Gasteiger partial charge in [-0.05, 0) is 42.9 Å². The van der Waals surface area contributed by atoms with E-state index in [4.69, 9.17) is 4.74 Å². The summed E-state index contributed by atoms with van der Waals surface area (Å²) in [4.78, 5) is 42.5. The first kappa shape index (κ1) is 25.9. The topological polar surface area (TPSA) is 80.6 Å². The van der Waals surface area contributed by atoms with Crippen LogP contribution in [0, 0.1) is 10.8 Å². The lowest BCUT2D eigenvalue weighted by Gasteiger charge is -2.39. The van der Waals surface area contributed by atoms with Crippen LogP contribution < -0.4 is 10.7 Å². The average molecular weight is 486 g/mol. The third kappa shape index (κ3) is 5.99. The van der Waals surface area contributed by atoms with Gasteiger partial charge in [0, 0.05) is 44.7 Å². The highest BCUT2D eigenvalue weighted by Crippen LogP contribution is 2.52. The highest BCUT2D eigenvalue weighted by atomic mass is 16.5. The van der Waals surface area contributed by atoms with Crippen LogP contribution in [-0.4, -0.2) is 53.6 Å². The van der Waals surface area contributed by atoms with Gasteiger partial charge < -0.3 is 19.5 Å². The van der Waals surface area contributed by atoms with Crippen molar-refractivity contribution in [3.63, 3.8) is 0 Å². The van der Waals surface area contributed by atoms with E-state index in [-0.39, 0.29) is 45.9 Å². The Morgan fingerprint density at radius 2 is 1.69 bits per heavy atom. The summed E-state index contributed by atoms with van der Waals surface area (Å²) < 4.78 is 6.98. The monoisotopic (exact) mass is 485 g/mol. The van der Waals surface area contributed by atoms with Crippen LogP contribution >= 0.6 is 0 Å². The molecule has 1 aromatic rings. The Kier molecular flexibility index (Phi) is 7.74. The first-order valence-corrected chi connectivity index (χ1v) is 13.5. The highest BCUT2D eigenvalue weighted by Gasteiger charge is 2.51. The molecule has 2 heterocycles. The average Bonchev–Trinajstić information content (AvgIpc) is 3.02. The van der Waals surface area contributed by atoms with E-state index in [1.807, 2.05) is 4.90 Å². The number of pyridine rings is 1. The zero-order valence-electron chi connectivity index (χ0n) is 22.0. The maximum atomic E-state index is 13.8. The minimum absolute atomic E-state index is 0.0581. The Morgan fingerprint density at radius 1 is 1.03 bits per heavy atom. The molecule has 2 unspecified atom stereocenters. The van der Waals surface area contributed by atoms with Gasteiger partial charge in [0.15, 0.2) is 0 Å². The number of aromatic nitrogens is 1. The van der Waals surface area contributed by atoms with Gasteiger partial charge >= 0.3 is 0 Å². The van der Waals surface area contributed by atoms with Gasteiger partial charge in [-0.15, -0.1) is 0 Å². The van der Waals surface area contributed by atoms with Gasteiger partial charge in [0.2, 0.25) is 5.43 Å². The summed E-state index contributed by atoms with van der Waals surface area (Å²) in [6, 6.07) is 0.212. The van der Waals surface area contributed by atoms with E-state index < -0.39 is 5.43 Å². The summed E-state index contributed by atoms with van der Waals surface area (Å²) >= 11 is 0. The molecule has 4 rings (SSSR count). The lowest BCUT2D eigenvalue weighted by molar-refractivity contribution is 0.0705. The van der Waals surface area contributed by atoms with Crippen LogP contribution in [0.25, 0.3) is 0 Å². The van der Waals surface area contributed by atoms with Crippen molar-refractivity contribution in [2.24, 2.45) is 10.8 Å². The fourth-order valence-corrected chi connectivity index (χ4v) is 6.99. The Morgan fingerprint density at radius 3 is 2.37 bits per heavy atom. The number of hydrogen-bond donors (Lipinski definition) is 1. The summed E-state index contributed by atoms with van der Waals surface area (Å²) in [5.74, 6) is -0.608. The van der Waals surface area contributed by atoms with E-state index in [9.17, 15) is 14.4 Å². The largest absolute Gasteiger partial charge is 0.383 e. The zero-order valence-corrected chi connectivity index (χ0v) is 22.0. The zero-order chi connectivity index (χ0) is 25.2. The fourth-order valence-electron chi connectivity index (χ4n) is 6.99. The first-order valence-electron chi connectivity index (χ1n) is 13.5. The third-order valence-electron chi connectivity index (χ3n) is 8.22. The molecule has 7 nitrogen and oxygen atoms in total. The summed E-state index contributed by atoms with van der Waals surface area (Å²) in [6.07, 6.45) is 13.9. The molecule has 3 fully saturated rings. The summed E-state index contributed by atoms with van der Waals surface area (Å²) in [5.41, 5.74) is -0.0596. The van der Waals surface area contributed by atoms with E-state index in [0.717, 1.165) is 44.9 Å². The molecule has 1 aromatic heterocycles. The minimum Gasteiger partial charge on any atom is -0.383 e. The molecule has 2 atom stereocenters. The van der Waals surface area contributed by atoms with Gasteiger partial charge in [-0.2, -0.15) is 0 Å². The van der Waals surface area contributed by atoms with Crippen LogP contribution in [-0.2, 0) is 11.3 Å². The second-order valence-corrected chi connectivity index (χ2v) is 12.3. The fraction of sp³-hybridized carbons (Fsp3) is 0.750. The van der Waals surface area contributed by atoms with Crippen LogP contribution in [0.5, 0.6) is 0 Å². The number of ether oxygens (including phenoxy) is 1. The normalized spacial score (nSPS) is 26.7. The van der Waals surface area contributed by atoms with Gasteiger partial charge in [-0.1, -0.05) is 52.9 Å². The minimum atomic E-state index is -0.460. The van der Waals surface area contributed by atoms with Crippen molar-refractivity contribution in [3.05, 3.63) is 33.7 Å². The molecule has 7 heteroatoms. The van der Waals surface area contributed by atoms with Crippen LogP contribution in [0.15, 0.2) is 17.2 Å². The number of rotatable bonds is 6. The number of likely N-dealkylation sites (tertiary alicyclic amines) is 1. The van der Waals surface area contributed by atoms with E-state index in [0.29, 0.717) is 19.7 Å². The second kappa shape index (κ2) is 10.5. The van der Waals surface area contributed by atoms with E-state index in [1.54, 1.807) is 24.1 Å². The Bertz CT molecular complexity index is 992. The molecule has 2 saturated carbocycles. The highest BCUT2D eigenvalue weighted by molar-refractivity contribution is 5.99.